The maximum absolute atomic E-state index is 14.2. The Kier molecular flexibility index (Phi) is 10.8. The summed E-state index contributed by atoms with van der Waals surface area (Å²) in [6.07, 6.45) is 0.364. The second-order valence-electron chi connectivity index (χ2n) is 10.3. The Morgan fingerprint density at radius 2 is 1.57 bits per heavy atom. The van der Waals surface area contributed by atoms with Gasteiger partial charge in [0.2, 0.25) is 11.8 Å². The van der Waals surface area contributed by atoms with Crippen LogP contribution in [-0.2, 0) is 26.2 Å². The number of sulfonamides is 1. The molecule has 0 aliphatic rings. The number of benzene rings is 3. The van der Waals surface area contributed by atoms with Crippen LogP contribution >= 0.6 is 11.6 Å². The molecule has 0 bridgehead atoms. The topological polar surface area (TPSA) is 86.8 Å². The van der Waals surface area contributed by atoms with E-state index in [1.54, 1.807) is 43.3 Å². The first kappa shape index (κ1) is 31.2. The first-order chi connectivity index (χ1) is 18.9. The second kappa shape index (κ2) is 13.8. The predicted molar refractivity (Wildman–Crippen MR) is 161 cm³/mol. The van der Waals surface area contributed by atoms with Gasteiger partial charge in [-0.1, -0.05) is 80.9 Å². The SMILES string of the molecule is CCC(C(=O)NCC(C)C)N(Cc1ccccc1C)C(=O)CN(c1cc(Cl)ccc1C)S(=O)(=O)c1ccccc1. The molecule has 1 atom stereocenters. The van der Waals surface area contributed by atoms with E-state index in [2.05, 4.69) is 5.32 Å². The van der Waals surface area contributed by atoms with E-state index in [1.165, 1.54) is 17.0 Å². The minimum Gasteiger partial charge on any atom is -0.354 e. The fourth-order valence-corrected chi connectivity index (χ4v) is 6.06. The van der Waals surface area contributed by atoms with E-state index in [0.29, 0.717) is 29.2 Å². The molecule has 3 aromatic rings. The van der Waals surface area contributed by atoms with Crippen LogP contribution in [-0.4, -0.2) is 44.3 Å². The van der Waals surface area contributed by atoms with Gasteiger partial charge in [-0.3, -0.25) is 13.9 Å². The van der Waals surface area contributed by atoms with Gasteiger partial charge in [-0.15, -0.1) is 0 Å². The van der Waals surface area contributed by atoms with E-state index in [9.17, 15) is 18.0 Å². The van der Waals surface area contributed by atoms with Crippen LogP contribution in [0.25, 0.3) is 0 Å². The minimum atomic E-state index is -4.15. The van der Waals surface area contributed by atoms with Crippen LogP contribution in [0.1, 0.15) is 43.9 Å². The third kappa shape index (κ3) is 7.64. The van der Waals surface area contributed by atoms with Crippen LogP contribution in [0.3, 0.4) is 0 Å². The van der Waals surface area contributed by atoms with E-state index in [-0.39, 0.29) is 23.3 Å². The molecule has 3 rings (SSSR count). The van der Waals surface area contributed by atoms with Crippen LogP contribution in [0.15, 0.2) is 77.7 Å². The summed E-state index contributed by atoms with van der Waals surface area (Å²) in [5.41, 5.74) is 2.79. The molecule has 0 saturated carbocycles. The van der Waals surface area contributed by atoms with Gasteiger partial charge in [0.05, 0.1) is 10.6 Å². The Morgan fingerprint density at radius 1 is 0.925 bits per heavy atom. The normalized spacial score (nSPS) is 12.2. The van der Waals surface area contributed by atoms with Gasteiger partial charge in [0.1, 0.15) is 12.6 Å². The molecule has 7 nitrogen and oxygen atoms in total. The van der Waals surface area contributed by atoms with Crippen LogP contribution in [0.2, 0.25) is 5.02 Å². The number of anilines is 1. The Morgan fingerprint density at radius 3 is 2.20 bits per heavy atom. The number of nitrogens with zero attached hydrogens (tertiary/aromatic N) is 2. The van der Waals surface area contributed by atoms with Gasteiger partial charge in [-0.05, 0) is 67.1 Å². The fourth-order valence-electron chi connectivity index (χ4n) is 4.40. The third-order valence-electron chi connectivity index (χ3n) is 6.72. The summed E-state index contributed by atoms with van der Waals surface area (Å²) in [7, 11) is -4.15. The highest BCUT2D eigenvalue weighted by molar-refractivity contribution is 7.92. The third-order valence-corrected chi connectivity index (χ3v) is 8.73. The number of rotatable bonds is 12. The van der Waals surface area contributed by atoms with Gasteiger partial charge in [0.25, 0.3) is 10.0 Å². The van der Waals surface area contributed by atoms with Crippen LogP contribution in [0.4, 0.5) is 5.69 Å². The Balaban J connectivity index is 2.09. The first-order valence-corrected chi connectivity index (χ1v) is 15.2. The molecule has 0 fully saturated rings. The van der Waals surface area contributed by atoms with Crippen molar-refractivity contribution in [2.24, 2.45) is 5.92 Å². The van der Waals surface area contributed by atoms with Crippen molar-refractivity contribution in [2.75, 3.05) is 17.4 Å². The summed E-state index contributed by atoms with van der Waals surface area (Å²) in [5, 5.41) is 3.29. The first-order valence-electron chi connectivity index (χ1n) is 13.4. The quantitative estimate of drug-likeness (QED) is 0.295. The fraction of sp³-hybridized carbons (Fsp3) is 0.355. The lowest BCUT2D eigenvalue weighted by atomic mass is 10.1. The van der Waals surface area contributed by atoms with Crippen molar-refractivity contribution in [2.45, 2.75) is 58.5 Å². The Bertz CT molecular complexity index is 1430. The second-order valence-corrected chi connectivity index (χ2v) is 12.6. The summed E-state index contributed by atoms with van der Waals surface area (Å²) in [4.78, 5) is 29.0. The van der Waals surface area contributed by atoms with Crippen molar-refractivity contribution in [1.82, 2.24) is 10.2 Å². The summed E-state index contributed by atoms with van der Waals surface area (Å²) < 4.78 is 29.0. The summed E-state index contributed by atoms with van der Waals surface area (Å²) in [5.74, 6) is -0.525. The zero-order chi connectivity index (χ0) is 29.4. The van der Waals surface area contributed by atoms with Gasteiger partial charge in [0.15, 0.2) is 0 Å². The summed E-state index contributed by atoms with van der Waals surface area (Å²) >= 11 is 6.29. The molecular formula is C31H38ClN3O4S. The van der Waals surface area contributed by atoms with Crippen molar-refractivity contribution in [3.63, 3.8) is 0 Å². The molecule has 0 saturated heterocycles. The van der Waals surface area contributed by atoms with Crippen LogP contribution in [0, 0.1) is 19.8 Å². The zero-order valence-electron chi connectivity index (χ0n) is 23.7. The molecule has 9 heteroatoms. The molecule has 0 radical (unpaired) electrons. The van der Waals surface area contributed by atoms with E-state index >= 15 is 0 Å². The lowest BCUT2D eigenvalue weighted by Crippen LogP contribution is -2.52. The molecule has 1 unspecified atom stereocenters. The number of hydrogen-bond acceptors (Lipinski definition) is 4. The molecule has 2 amide bonds. The van der Waals surface area contributed by atoms with Gasteiger partial charge >= 0.3 is 0 Å². The number of nitrogens with one attached hydrogen (secondary N) is 1. The molecule has 0 aliphatic carbocycles. The van der Waals surface area contributed by atoms with E-state index in [0.717, 1.165) is 15.4 Å². The smallest absolute Gasteiger partial charge is 0.264 e. The minimum absolute atomic E-state index is 0.0503. The molecule has 0 spiro atoms. The van der Waals surface area contributed by atoms with E-state index in [1.807, 2.05) is 52.0 Å². The molecule has 0 aliphatic heterocycles. The lowest BCUT2D eigenvalue weighted by molar-refractivity contribution is -0.140. The largest absolute Gasteiger partial charge is 0.354 e. The molecule has 0 aromatic heterocycles. The average Bonchev–Trinajstić information content (AvgIpc) is 2.93. The lowest BCUT2D eigenvalue weighted by Gasteiger charge is -2.34. The monoisotopic (exact) mass is 583 g/mol. The maximum atomic E-state index is 14.2. The Labute approximate surface area is 243 Å². The number of aryl methyl sites for hydroxylation is 2. The van der Waals surface area contributed by atoms with Crippen molar-refractivity contribution in [1.29, 1.82) is 0 Å². The number of carbonyl (C=O) groups excluding carboxylic acids is 2. The molecule has 3 aromatic carbocycles. The van der Waals surface area contributed by atoms with Crippen molar-refractivity contribution in [3.05, 3.63) is 94.5 Å². The highest BCUT2D eigenvalue weighted by Crippen LogP contribution is 2.30. The predicted octanol–water partition coefficient (Wildman–Crippen LogP) is 5.73. The van der Waals surface area contributed by atoms with Crippen molar-refractivity contribution >= 4 is 39.1 Å². The van der Waals surface area contributed by atoms with Gasteiger partial charge < -0.3 is 10.2 Å². The number of hydrogen-bond donors (Lipinski definition) is 1. The van der Waals surface area contributed by atoms with E-state index < -0.39 is 28.5 Å². The highest BCUT2D eigenvalue weighted by Gasteiger charge is 2.34. The van der Waals surface area contributed by atoms with Crippen LogP contribution in [0.5, 0.6) is 0 Å². The molecule has 214 valence electrons. The van der Waals surface area contributed by atoms with Gasteiger partial charge in [-0.2, -0.15) is 0 Å². The average molecular weight is 584 g/mol. The molecule has 1 N–H and O–H groups in total. The van der Waals surface area contributed by atoms with Crippen molar-refractivity contribution < 1.29 is 18.0 Å². The van der Waals surface area contributed by atoms with Gasteiger partial charge in [0, 0.05) is 18.1 Å². The van der Waals surface area contributed by atoms with Crippen molar-refractivity contribution in [3.8, 4) is 0 Å². The molecular weight excluding hydrogens is 546 g/mol. The molecule has 0 heterocycles. The maximum Gasteiger partial charge on any atom is 0.264 e. The van der Waals surface area contributed by atoms with Gasteiger partial charge in [-0.25, -0.2) is 8.42 Å². The zero-order valence-corrected chi connectivity index (χ0v) is 25.3. The number of halogens is 1. The van der Waals surface area contributed by atoms with E-state index in [4.69, 9.17) is 11.6 Å². The Hall–Kier alpha value is -3.36. The number of amides is 2. The highest BCUT2D eigenvalue weighted by atomic mass is 35.5. The molecule has 40 heavy (non-hydrogen) atoms. The summed E-state index contributed by atoms with van der Waals surface area (Å²) in [6.45, 7) is 9.68. The number of carbonyl (C=O) groups is 2. The summed E-state index contributed by atoms with van der Waals surface area (Å²) in [6, 6.07) is 19.8. The standard InChI is InChI=1S/C31H38ClN3O4S/c1-6-28(31(37)33-19-22(2)3)34(20-25-13-11-10-12-23(25)4)30(36)21-35(29-18-26(32)17-16-24(29)5)40(38,39)27-14-8-7-9-15-27/h7-18,22,28H,6,19-21H2,1-5H3,(H,33,37). The van der Waals surface area contributed by atoms with Crippen LogP contribution < -0.4 is 9.62 Å².